The highest BCUT2D eigenvalue weighted by atomic mass is 32.1. The number of benzene rings is 3. The topological polar surface area (TPSA) is 73.7 Å². The van der Waals surface area contributed by atoms with Crippen LogP contribution in [0.2, 0.25) is 0 Å². The van der Waals surface area contributed by atoms with Crippen molar-refractivity contribution in [1.82, 2.24) is 4.98 Å². The summed E-state index contributed by atoms with van der Waals surface area (Å²) in [5.74, 6) is -1.52. The maximum Gasteiger partial charge on any atom is 0.301 e. The standard InChI is InChI=1S/C30H27N3O3S/c1-32(2)22-15-13-19(14-16-22)26-25(27(34)21-12-11-18-7-3-4-8-20(18)17-21)28(35)29(36)33(26)30-31-23-9-5-6-10-24(23)37-30/h5-6,9-17,26,34H,3-4,7-8H2,1-2H3/b27-25+. The molecule has 4 aromatic rings. The van der Waals surface area contributed by atoms with Crippen LogP contribution in [0.15, 0.2) is 72.3 Å². The quantitative estimate of drug-likeness (QED) is 0.212. The number of hydrogen-bond donors (Lipinski definition) is 1. The van der Waals surface area contributed by atoms with Crippen LogP contribution in [0.1, 0.15) is 41.1 Å². The van der Waals surface area contributed by atoms with Gasteiger partial charge in [-0.15, -0.1) is 0 Å². The van der Waals surface area contributed by atoms with Crippen LogP contribution < -0.4 is 9.80 Å². The van der Waals surface area contributed by atoms with Gasteiger partial charge in [-0.05, 0) is 72.7 Å². The first-order chi connectivity index (χ1) is 17.9. The minimum Gasteiger partial charge on any atom is -0.507 e. The van der Waals surface area contributed by atoms with Crippen molar-refractivity contribution >= 4 is 49.8 Å². The van der Waals surface area contributed by atoms with Gasteiger partial charge in [0, 0.05) is 25.3 Å². The second-order valence-corrected chi connectivity index (χ2v) is 10.8. The molecule has 1 unspecified atom stereocenters. The molecule has 1 aliphatic heterocycles. The molecule has 1 amide bonds. The van der Waals surface area contributed by atoms with Gasteiger partial charge in [0.05, 0.1) is 21.8 Å². The molecule has 1 saturated heterocycles. The number of nitrogens with zero attached hydrogens (tertiary/aromatic N) is 3. The van der Waals surface area contributed by atoms with Crippen LogP contribution in [-0.4, -0.2) is 35.9 Å². The fraction of sp³-hybridized carbons (Fsp3) is 0.233. The second kappa shape index (κ2) is 9.16. The van der Waals surface area contributed by atoms with Crippen LogP contribution in [0.5, 0.6) is 0 Å². The molecule has 6 rings (SSSR count). The molecule has 1 atom stereocenters. The summed E-state index contributed by atoms with van der Waals surface area (Å²) in [6.07, 6.45) is 4.24. The Morgan fingerprint density at radius 3 is 2.43 bits per heavy atom. The van der Waals surface area contributed by atoms with Crippen molar-refractivity contribution in [3.05, 3.63) is 94.6 Å². The van der Waals surface area contributed by atoms with E-state index in [9.17, 15) is 14.7 Å². The summed E-state index contributed by atoms with van der Waals surface area (Å²) in [6, 6.07) is 20.5. The Morgan fingerprint density at radius 1 is 0.973 bits per heavy atom. The number of Topliss-reactive ketones (excluding diaryl/α,β-unsaturated/α-hetero) is 1. The molecule has 186 valence electrons. The van der Waals surface area contributed by atoms with Crippen molar-refractivity contribution in [1.29, 1.82) is 0 Å². The van der Waals surface area contributed by atoms with Gasteiger partial charge in [-0.2, -0.15) is 0 Å². The lowest BCUT2D eigenvalue weighted by Crippen LogP contribution is -2.29. The number of carbonyl (C=O) groups is 2. The zero-order valence-electron chi connectivity index (χ0n) is 20.8. The Labute approximate surface area is 219 Å². The molecule has 0 bridgehead atoms. The Bertz CT molecular complexity index is 1540. The first-order valence-electron chi connectivity index (χ1n) is 12.5. The molecule has 6 nitrogen and oxygen atoms in total. The highest BCUT2D eigenvalue weighted by Gasteiger charge is 2.48. The number of carbonyl (C=O) groups excluding carboxylic acids is 2. The van der Waals surface area contributed by atoms with Gasteiger partial charge in [-0.1, -0.05) is 47.7 Å². The monoisotopic (exact) mass is 509 g/mol. The number of hydrogen-bond acceptors (Lipinski definition) is 6. The lowest BCUT2D eigenvalue weighted by molar-refractivity contribution is -0.132. The number of aliphatic hydroxyl groups excluding tert-OH is 1. The second-order valence-electron chi connectivity index (χ2n) is 9.81. The number of ketones is 1. The van der Waals surface area contributed by atoms with Gasteiger partial charge < -0.3 is 10.0 Å². The maximum absolute atomic E-state index is 13.5. The summed E-state index contributed by atoms with van der Waals surface area (Å²) >= 11 is 1.36. The van der Waals surface area contributed by atoms with Crippen molar-refractivity contribution < 1.29 is 14.7 Å². The predicted molar refractivity (Wildman–Crippen MR) is 148 cm³/mol. The zero-order valence-corrected chi connectivity index (χ0v) is 21.6. The van der Waals surface area contributed by atoms with E-state index < -0.39 is 17.7 Å². The molecule has 37 heavy (non-hydrogen) atoms. The van der Waals surface area contributed by atoms with E-state index in [1.54, 1.807) is 0 Å². The molecule has 0 radical (unpaired) electrons. The summed E-state index contributed by atoms with van der Waals surface area (Å²) in [4.78, 5) is 35.2. The summed E-state index contributed by atoms with van der Waals surface area (Å²) in [5.41, 5.74) is 5.64. The lowest BCUT2D eigenvalue weighted by Gasteiger charge is -2.24. The number of amides is 1. The van der Waals surface area contributed by atoms with Gasteiger partial charge >= 0.3 is 5.91 Å². The van der Waals surface area contributed by atoms with E-state index in [1.807, 2.05) is 85.7 Å². The largest absolute Gasteiger partial charge is 0.507 e. The average molecular weight is 510 g/mol. The predicted octanol–water partition coefficient (Wildman–Crippen LogP) is 5.87. The molecule has 3 aromatic carbocycles. The highest BCUT2D eigenvalue weighted by molar-refractivity contribution is 7.22. The van der Waals surface area contributed by atoms with Crippen molar-refractivity contribution in [2.75, 3.05) is 23.9 Å². The first kappa shape index (κ1) is 23.4. The number of anilines is 2. The number of aryl methyl sites for hydroxylation is 2. The van der Waals surface area contributed by atoms with Gasteiger partial charge in [0.1, 0.15) is 5.76 Å². The number of aliphatic hydroxyl groups is 1. The van der Waals surface area contributed by atoms with E-state index in [0.29, 0.717) is 10.7 Å². The Kier molecular flexibility index (Phi) is 5.80. The summed E-state index contributed by atoms with van der Waals surface area (Å²) in [6.45, 7) is 0. The average Bonchev–Trinajstić information content (AvgIpc) is 3.46. The highest BCUT2D eigenvalue weighted by Crippen LogP contribution is 2.44. The van der Waals surface area contributed by atoms with E-state index in [1.165, 1.54) is 27.4 Å². The molecule has 0 spiro atoms. The van der Waals surface area contributed by atoms with Gasteiger partial charge in [0.25, 0.3) is 5.78 Å². The number of rotatable bonds is 4. The molecule has 7 heteroatoms. The van der Waals surface area contributed by atoms with Gasteiger partial charge in [0.2, 0.25) is 0 Å². The molecule has 2 heterocycles. The van der Waals surface area contributed by atoms with Crippen LogP contribution >= 0.6 is 11.3 Å². The number of thiazole rings is 1. The van der Waals surface area contributed by atoms with Gasteiger partial charge in [-0.3, -0.25) is 14.5 Å². The minimum atomic E-state index is -0.784. The SMILES string of the molecule is CN(C)c1ccc(C2/C(=C(\O)c3ccc4c(c3)CCCC4)C(=O)C(=O)N2c2nc3ccccc3s2)cc1. The Hall–Kier alpha value is -3.97. The summed E-state index contributed by atoms with van der Waals surface area (Å²) in [5, 5.41) is 12.0. The molecule has 1 fully saturated rings. The van der Waals surface area contributed by atoms with Crippen molar-refractivity contribution in [3.63, 3.8) is 0 Å². The smallest absolute Gasteiger partial charge is 0.301 e. The molecule has 2 aliphatic rings. The van der Waals surface area contributed by atoms with E-state index in [4.69, 9.17) is 0 Å². The first-order valence-corrected chi connectivity index (χ1v) is 13.3. The van der Waals surface area contributed by atoms with Crippen molar-refractivity contribution in [2.24, 2.45) is 0 Å². The molecular formula is C30H27N3O3S. The molecule has 0 saturated carbocycles. The normalized spacial score (nSPS) is 18.9. The third-order valence-corrected chi connectivity index (χ3v) is 8.32. The minimum absolute atomic E-state index is 0.0950. The molecule has 1 aliphatic carbocycles. The lowest BCUT2D eigenvalue weighted by atomic mass is 9.88. The zero-order chi connectivity index (χ0) is 25.7. The van der Waals surface area contributed by atoms with Crippen molar-refractivity contribution in [3.8, 4) is 0 Å². The molecule has 1 aromatic heterocycles. The molecule has 1 N–H and O–H groups in total. The van der Waals surface area contributed by atoms with Gasteiger partial charge in [0.15, 0.2) is 5.13 Å². The number of aromatic nitrogens is 1. The maximum atomic E-state index is 13.5. The Morgan fingerprint density at radius 2 is 1.70 bits per heavy atom. The fourth-order valence-electron chi connectivity index (χ4n) is 5.30. The third-order valence-electron chi connectivity index (χ3n) is 7.28. The van der Waals surface area contributed by atoms with Gasteiger partial charge in [-0.25, -0.2) is 4.98 Å². The molecular weight excluding hydrogens is 482 g/mol. The fourth-order valence-corrected chi connectivity index (χ4v) is 6.29. The summed E-state index contributed by atoms with van der Waals surface area (Å²) in [7, 11) is 3.91. The number of para-hydroxylation sites is 1. The van der Waals surface area contributed by atoms with Crippen LogP contribution in [-0.2, 0) is 22.4 Å². The van der Waals surface area contributed by atoms with Crippen LogP contribution in [0, 0.1) is 0 Å². The van der Waals surface area contributed by atoms with Crippen LogP contribution in [0.3, 0.4) is 0 Å². The van der Waals surface area contributed by atoms with Crippen LogP contribution in [0.25, 0.3) is 16.0 Å². The van der Waals surface area contributed by atoms with E-state index >= 15 is 0 Å². The van der Waals surface area contributed by atoms with E-state index in [0.717, 1.165) is 47.2 Å². The Balaban J connectivity index is 1.53. The van der Waals surface area contributed by atoms with E-state index in [2.05, 4.69) is 4.98 Å². The summed E-state index contributed by atoms with van der Waals surface area (Å²) < 4.78 is 0.927. The van der Waals surface area contributed by atoms with Crippen molar-refractivity contribution in [2.45, 2.75) is 31.7 Å². The van der Waals surface area contributed by atoms with E-state index in [-0.39, 0.29) is 11.3 Å². The third kappa shape index (κ3) is 4.00. The number of fused-ring (bicyclic) bond motifs is 2. The van der Waals surface area contributed by atoms with Crippen LogP contribution in [0.4, 0.5) is 10.8 Å².